The van der Waals surface area contributed by atoms with E-state index in [9.17, 15) is 4.79 Å². The second kappa shape index (κ2) is 12.3. The Bertz CT molecular complexity index is 823. The number of guanidine groups is 1. The van der Waals surface area contributed by atoms with Crippen LogP contribution in [0.4, 0.5) is 11.4 Å². The van der Waals surface area contributed by atoms with Crippen molar-refractivity contribution in [3.8, 4) is 5.75 Å². The summed E-state index contributed by atoms with van der Waals surface area (Å²) in [7, 11) is 1.68. The molecule has 0 aromatic heterocycles. The molecule has 0 radical (unpaired) electrons. The van der Waals surface area contributed by atoms with Gasteiger partial charge in [-0.1, -0.05) is 24.3 Å². The minimum atomic E-state index is -0.124. The molecular formula is C22H30IN5O2. The van der Waals surface area contributed by atoms with Crippen LogP contribution < -0.4 is 20.3 Å². The Balaban J connectivity index is 0.00000320. The molecule has 0 aliphatic carbocycles. The van der Waals surface area contributed by atoms with Crippen LogP contribution in [0.2, 0.25) is 0 Å². The first kappa shape index (κ1) is 23.8. The van der Waals surface area contributed by atoms with E-state index in [-0.39, 0.29) is 36.4 Å². The molecule has 1 aliphatic heterocycles. The van der Waals surface area contributed by atoms with Crippen LogP contribution in [0, 0.1) is 0 Å². The van der Waals surface area contributed by atoms with E-state index in [1.54, 1.807) is 7.11 Å². The van der Waals surface area contributed by atoms with Gasteiger partial charge in [0.05, 0.1) is 7.11 Å². The summed E-state index contributed by atoms with van der Waals surface area (Å²) in [6.07, 6.45) is 0. The molecule has 0 spiro atoms. The Morgan fingerprint density at radius 1 is 1.07 bits per heavy atom. The van der Waals surface area contributed by atoms with Crippen molar-refractivity contribution in [1.82, 2.24) is 10.2 Å². The molecule has 0 saturated carbocycles. The van der Waals surface area contributed by atoms with Gasteiger partial charge < -0.3 is 25.2 Å². The van der Waals surface area contributed by atoms with Crippen molar-refractivity contribution in [3.05, 3.63) is 54.6 Å². The van der Waals surface area contributed by atoms with E-state index in [0.717, 1.165) is 55.8 Å². The molecule has 8 heteroatoms. The molecule has 2 aromatic carbocycles. The third-order valence-corrected chi connectivity index (χ3v) is 4.76. The lowest BCUT2D eigenvalue weighted by atomic mass is 10.2. The van der Waals surface area contributed by atoms with Crippen LogP contribution in [0.15, 0.2) is 59.6 Å². The molecule has 1 amide bonds. The topological polar surface area (TPSA) is 69.2 Å². The molecule has 1 fully saturated rings. The van der Waals surface area contributed by atoms with Crippen LogP contribution in [0.3, 0.4) is 0 Å². The number of hydrogen-bond acceptors (Lipinski definition) is 4. The monoisotopic (exact) mass is 523 g/mol. The van der Waals surface area contributed by atoms with E-state index in [4.69, 9.17) is 4.74 Å². The summed E-state index contributed by atoms with van der Waals surface area (Å²) in [5, 5.41) is 6.17. The number of aliphatic imine (C=N–C) groups is 1. The number of hydrogen-bond donors (Lipinski definition) is 2. The van der Waals surface area contributed by atoms with Crippen molar-refractivity contribution < 1.29 is 9.53 Å². The third kappa shape index (κ3) is 6.79. The lowest BCUT2D eigenvalue weighted by molar-refractivity contribution is -0.114. The first-order valence-electron chi connectivity index (χ1n) is 9.96. The summed E-state index contributed by atoms with van der Waals surface area (Å²) in [4.78, 5) is 21.3. The van der Waals surface area contributed by atoms with Gasteiger partial charge >= 0.3 is 0 Å². The van der Waals surface area contributed by atoms with Gasteiger partial charge in [-0.2, -0.15) is 0 Å². The zero-order chi connectivity index (χ0) is 20.5. The molecule has 1 saturated heterocycles. The van der Waals surface area contributed by atoms with Gasteiger partial charge in [-0.3, -0.25) is 4.79 Å². The minimum absolute atomic E-state index is 0. The maximum atomic E-state index is 12.2. The van der Waals surface area contributed by atoms with Crippen LogP contribution in [0.5, 0.6) is 5.75 Å². The number of nitrogens with zero attached hydrogens (tertiary/aromatic N) is 3. The molecule has 7 nitrogen and oxygen atoms in total. The number of methoxy groups -OCH3 is 1. The first-order chi connectivity index (χ1) is 14.2. The summed E-state index contributed by atoms with van der Waals surface area (Å²) < 4.78 is 5.33. The largest absolute Gasteiger partial charge is 0.497 e. The lowest BCUT2D eigenvalue weighted by Gasteiger charge is -2.37. The normalized spacial score (nSPS) is 14.0. The van der Waals surface area contributed by atoms with E-state index in [0.29, 0.717) is 0 Å². The second-order valence-electron chi connectivity index (χ2n) is 6.76. The fourth-order valence-electron chi connectivity index (χ4n) is 3.28. The second-order valence-corrected chi connectivity index (χ2v) is 6.76. The van der Waals surface area contributed by atoms with Crippen molar-refractivity contribution >= 4 is 47.2 Å². The van der Waals surface area contributed by atoms with Crippen molar-refractivity contribution in [2.75, 3.05) is 56.6 Å². The van der Waals surface area contributed by atoms with Gasteiger partial charge in [-0.25, -0.2) is 4.99 Å². The van der Waals surface area contributed by atoms with Crippen molar-refractivity contribution in [2.45, 2.75) is 6.92 Å². The molecule has 0 bridgehead atoms. The van der Waals surface area contributed by atoms with E-state index in [1.807, 2.05) is 49.4 Å². The maximum Gasteiger partial charge on any atom is 0.246 e. The SMILES string of the molecule is CCNC(=NCC(=O)Nc1ccccc1)N1CCN(c2cccc(OC)c2)CC1.I. The number of carbonyl (C=O) groups excluding carboxylic acids is 1. The zero-order valence-electron chi connectivity index (χ0n) is 17.5. The molecule has 3 rings (SSSR count). The van der Waals surface area contributed by atoms with Gasteiger partial charge in [0.25, 0.3) is 0 Å². The number of piperazine rings is 1. The lowest BCUT2D eigenvalue weighted by Crippen LogP contribution is -2.52. The molecule has 0 unspecified atom stereocenters. The Morgan fingerprint density at radius 2 is 1.80 bits per heavy atom. The number of anilines is 2. The van der Waals surface area contributed by atoms with Gasteiger partial charge in [-0.15, -0.1) is 24.0 Å². The summed E-state index contributed by atoms with van der Waals surface area (Å²) in [5.41, 5.74) is 1.94. The number of carbonyl (C=O) groups is 1. The first-order valence-corrected chi connectivity index (χ1v) is 9.96. The Morgan fingerprint density at radius 3 is 2.47 bits per heavy atom. The quantitative estimate of drug-likeness (QED) is 0.346. The predicted octanol–water partition coefficient (Wildman–Crippen LogP) is 3.04. The average molecular weight is 523 g/mol. The average Bonchev–Trinajstić information content (AvgIpc) is 2.77. The molecule has 30 heavy (non-hydrogen) atoms. The number of halogens is 1. The highest BCUT2D eigenvalue weighted by Crippen LogP contribution is 2.22. The Labute approximate surface area is 195 Å². The third-order valence-electron chi connectivity index (χ3n) is 4.76. The maximum absolute atomic E-state index is 12.2. The molecule has 1 aliphatic rings. The van der Waals surface area contributed by atoms with Crippen LogP contribution in [-0.4, -0.2) is 63.1 Å². The Kier molecular flexibility index (Phi) is 9.72. The van der Waals surface area contributed by atoms with Crippen LogP contribution in [-0.2, 0) is 4.79 Å². The summed E-state index contributed by atoms with van der Waals surface area (Å²) in [6.45, 7) is 6.32. The molecule has 1 heterocycles. The zero-order valence-corrected chi connectivity index (χ0v) is 19.8. The number of benzene rings is 2. The number of nitrogens with one attached hydrogen (secondary N) is 2. The number of rotatable bonds is 6. The van der Waals surface area contributed by atoms with E-state index >= 15 is 0 Å². The highest BCUT2D eigenvalue weighted by Gasteiger charge is 2.20. The van der Waals surface area contributed by atoms with Gasteiger partial charge in [0.2, 0.25) is 5.91 Å². The van der Waals surface area contributed by atoms with Crippen LogP contribution >= 0.6 is 24.0 Å². The number of amides is 1. The smallest absolute Gasteiger partial charge is 0.246 e. The van der Waals surface area contributed by atoms with Crippen LogP contribution in [0.25, 0.3) is 0 Å². The highest BCUT2D eigenvalue weighted by molar-refractivity contribution is 14.0. The van der Waals surface area contributed by atoms with Gasteiger partial charge in [0.15, 0.2) is 5.96 Å². The van der Waals surface area contributed by atoms with Crippen molar-refractivity contribution in [1.29, 1.82) is 0 Å². The standard InChI is InChI=1S/C22H29N5O2.HI/c1-3-23-22(24-17-21(28)25-18-8-5-4-6-9-18)27-14-12-26(13-15-27)19-10-7-11-20(16-19)29-2;/h4-11,16H,3,12-15,17H2,1-2H3,(H,23,24)(H,25,28);1H. The van der Waals surface area contributed by atoms with Crippen LogP contribution in [0.1, 0.15) is 6.92 Å². The van der Waals surface area contributed by atoms with Gasteiger partial charge in [0, 0.05) is 50.2 Å². The summed E-state index contributed by atoms with van der Waals surface area (Å²) in [5.74, 6) is 1.52. The van der Waals surface area contributed by atoms with E-state index in [2.05, 4.69) is 37.6 Å². The summed E-state index contributed by atoms with van der Waals surface area (Å²) >= 11 is 0. The molecule has 0 atom stereocenters. The molecule has 162 valence electrons. The van der Waals surface area contributed by atoms with Crippen molar-refractivity contribution in [3.63, 3.8) is 0 Å². The highest BCUT2D eigenvalue weighted by atomic mass is 127. The van der Waals surface area contributed by atoms with E-state index in [1.165, 1.54) is 0 Å². The van der Waals surface area contributed by atoms with Crippen molar-refractivity contribution in [2.24, 2.45) is 4.99 Å². The molecular weight excluding hydrogens is 493 g/mol. The minimum Gasteiger partial charge on any atom is -0.497 e. The fraction of sp³-hybridized carbons (Fsp3) is 0.364. The Hall–Kier alpha value is -2.49. The molecule has 2 N–H and O–H groups in total. The number of para-hydroxylation sites is 1. The molecule has 2 aromatic rings. The summed E-state index contributed by atoms with van der Waals surface area (Å²) in [6, 6.07) is 17.6. The predicted molar refractivity (Wildman–Crippen MR) is 133 cm³/mol. The fourth-order valence-corrected chi connectivity index (χ4v) is 3.28. The van der Waals surface area contributed by atoms with Gasteiger partial charge in [0.1, 0.15) is 12.3 Å². The van der Waals surface area contributed by atoms with Gasteiger partial charge in [-0.05, 0) is 31.2 Å². The van der Waals surface area contributed by atoms with E-state index < -0.39 is 0 Å². The number of ether oxygens (including phenoxy) is 1.